The van der Waals surface area contributed by atoms with Gasteiger partial charge in [-0.05, 0) is 0 Å². The van der Waals surface area contributed by atoms with E-state index in [1.165, 1.54) is 6.33 Å². The summed E-state index contributed by atoms with van der Waals surface area (Å²) in [4.78, 5) is 7.54. The highest BCUT2D eigenvalue weighted by Gasteiger charge is 2.02. The molecule has 3 nitrogen and oxygen atoms in total. The molecule has 0 unspecified atom stereocenters. The summed E-state index contributed by atoms with van der Waals surface area (Å²) in [5.41, 5.74) is 5.87. The molecule has 0 aliphatic heterocycles. The van der Waals surface area contributed by atoms with Crippen LogP contribution in [0.2, 0.25) is 10.3 Å². The molecule has 64 valence electrons. The van der Waals surface area contributed by atoms with Gasteiger partial charge in [0.25, 0.3) is 0 Å². The van der Waals surface area contributed by atoms with Crippen LogP contribution < -0.4 is 5.73 Å². The highest BCUT2D eigenvalue weighted by Crippen LogP contribution is 2.20. The first-order valence-electron chi connectivity index (χ1n) is 3.28. The summed E-state index contributed by atoms with van der Waals surface area (Å²) >= 11 is 11.5. The number of aromatic nitrogens is 2. The fourth-order valence-corrected chi connectivity index (χ4v) is 1.12. The third-order valence-corrected chi connectivity index (χ3v) is 1.81. The highest BCUT2D eigenvalue weighted by atomic mass is 35.5. The van der Waals surface area contributed by atoms with Crippen LogP contribution in [-0.2, 0) is 0 Å². The van der Waals surface area contributed by atoms with Gasteiger partial charge >= 0.3 is 0 Å². The molecule has 0 saturated heterocycles. The maximum Gasteiger partial charge on any atom is 0.141 e. The van der Waals surface area contributed by atoms with Gasteiger partial charge in [-0.3, -0.25) is 0 Å². The Labute approximate surface area is 80.2 Å². The highest BCUT2D eigenvalue weighted by molar-refractivity contribution is 6.35. The van der Waals surface area contributed by atoms with Crippen molar-refractivity contribution in [1.29, 1.82) is 0 Å². The van der Waals surface area contributed by atoms with Crippen LogP contribution in [0.5, 0.6) is 0 Å². The quantitative estimate of drug-likeness (QED) is 0.746. The standard InChI is InChI=1S/C7H7Cl2N3/c8-6-5(2-1-3-10)7(9)12-4-11-6/h1-2,4H,3,10H2/b2-1+. The minimum Gasteiger partial charge on any atom is -0.327 e. The van der Waals surface area contributed by atoms with Crippen LogP contribution in [-0.4, -0.2) is 16.5 Å². The molecule has 2 N–H and O–H groups in total. The molecule has 0 spiro atoms. The van der Waals surface area contributed by atoms with E-state index in [9.17, 15) is 0 Å². The summed E-state index contributed by atoms with van der Waals surface area (Å²) in [6.07, 6.45) is 4.74. The Balaban J connectivity index is 3.04. The summed E-state index contributed by atoms with van der Waals surface area (Å²) < 4.78 is 0. The minimum absolute atomic E-state index is 0.333. The van der Waals surface area contributed by atoms with Crippen molar-refractivity contribution < 1.29 is 0 Å². The summed E-state index contributed by atoms with van der Waals surface area (Å²) in [5, 5.41) is 0.666. The van der Waals surface area contributed by atoms with Crippen molar-refractivity contribution in [3.63, 3.8) is 0 Å². The van der Waals surface area contributed by atoms with Gasteiger partial charge in [0, 0.05) is 12.1 Å². The molecule has 1 aromatic rings. The Kier molecular flexibility index (Phi) is 3.47. The summed E-state index contributed by atoms with van der Waals surface area (Å²) in [7, 11) is 0. The van der Waals surface area contributed by atoms with E-state index in [-0.39, 0.29) is 0 Å². The first kappa shape index (κ1) is 9.45. The molecule has 1 rings (SSSR count). The topological polar surface area (TPSA) is 51.8 Å². The van der Waals surface area contributed by atoms with Crippen LogP contribution in [0.3, 0.4) is 0 Å². The van der Waals surface area contributed by atoms with Gasteiger partial charge in [-0.2, -0.15) is 0 Å². The SMILES string of the molecule is NC/C=C/c1c(Cl)ncnc1Cl. The van der Waals surface area contributed by atoms with Crippen LogP contribution in [0.25, 0.3) is 6.08 Å². The predicted molar refractivity (Wildman–Crippen MR) is 50.1 cm³/mol. The Morgan fingerprint density at radius 2 is 1.92 bits per heavy atom. The Morgan fingerprint density at radius 1 is 1.33 bits per heavy atom. The molecule has 0 amide bonds. The molecule has 0 saturated carbocycles. The summed E-state index contributed by atoms with van der Waals surface area (Å²) in [5.74, 6) is 0. The van der Waals surface area contributed by atoms with Gasteiger partial charge in [-0.15, -0.1) is 0 Å². The second-order valence-electron chi connectivity index (χ2n) is 2.01. The molecule has 0 aliphatic rings. The molecule has 0 aliphatic carbocycles. The van der Waals surface area contributed by atoms with Gasteiger partial charge < -0.3 is 5.73 Å². The average Bonchev–Trinajstić information content (AvgIpc) is 2.04. The molecule has 0 aromatic carbocycles. The van der Waals surface area contributed by atoms with Crippen LogP contribution >= 0.6 is 23.2 Å². The van der Waals surface area contributed by atoms with Crippen molar-refractivity contribution in [3.05, 3.63) is 28.3 Å². The van der Waals surface area contributed by atoms with Gasteiger partial charge in [0.05, 0.1) is 0 Å². The lowest BCUT2D eigenvalue weighted by atomic mass is 10.3. The van der Waals surface area contributed by atoms with E-state index in [4.69, 9.17) is 28.9 Å². The maximum atomic E-state index is 5.74. The van der Waals surface area contributed by atoms with Crippen molar-refractivity contribution in [3.8, 4) is 0 Å². The Bertz CT molecular complexity index is 278. The predicted octanol–water partition coefficient (Wildman–Crippen LogP) is 1.76. The molecule has 0 atom stereocenters. The minimum atomic E-state index is 0.333. The van der Waals surface area contributed by atoms with Crippen LogP contribution in [0.15, 0.2) is 12.4 Å². The van der Waals surface area contributed by atoms with E-state index in [0.29, 0.717) is 22.4 Å². The molecular formula is C7H7Cl2N3. The largest absolute Gasteiger partial charge is 0.327 e. The monoisotopic (exact) mass is 203 g/mol. The second-order valence-corrected chi connectivity index (χ2v) is 2.72. The van der Waals surface area contributed by atoms with Gasteiger partial charge in [0.15, 0.2) is 0 Å². The molecule has 1 heterocycles. The van der Waals surface area contributed by atoms with E-state index in [1.54, 1.807) is 12.2 Å². The first-order chi connectivity index (χ1) is 5.75. The van der Waals surface area contributed by atoms with E-state index < -0.39 is 0 Å². The number of nitrogens with two attached hydrogens (primary N) is 1. The van der Waals surface area contributed by atoms with Crippen molar-refractivity contribution in [2.24, 2.45) is 5.73 Å². The van der Waals surface area contributed by atoms with E-state index >= 15 is 0 Å². The number of hydrogen-bond acceptors (Lipinski definition) is 3. The summed E-state index contributed by atoms with van der Waals surface area (Å²) in [6, 6.07) is 0. The normalized spacial score (nSPS) is 10.9. The summed E-state index contributed by atoms with van der Waals surface area (Å²) in [6.45, 7) is 0.432. The molecular weight excluding hydrogens is 197 g/mol. The number of hydrogen-bond donors (Lipinski definition) is 1. The Morgan fingerprint density at radius 3 is 2.42 bits per heavy atom. The lowest BCUT2D eigenvalue weighted by Crippen LogP contribution is -1.93. The van der Waals surface area contributed by atoms with E-state index in [0.717, 1.165) is 0 Å². The maximum absolute atomic E-state index is 5.74. The molecule has 0 bridgehead atoms. The lowest BCUT2D eigenvalue weighted by Gasteiger charge is -1.97. The molecule has 5 heteroatoms. The first-order valence-corrected chi connectivity index (χ1v) is 4.04. The van der Waals surface area contributed by atoms with E-state index in [2.05, 4.69) is 9.97 Å². The third kappa shape index (κ3) is 2.17. The van der Waals surface area contributed by atoms with Crippen LogP contribution in [0.1, 0.15) is 5.56 Å². The van der Waals surface area contributed by atoms with Crippen molar-refractivity contribution in [2.45, 2.75) is 0 Å². The third-order valence-electron chi connectivity index (χ3n) is 1.21. The van der Waals surface area contributed by atoms with Crippen LogP contribution in [0.4, 0.5) is 0 Å². The number of nitrogens with zero attached hydrogens (tertiary/aromatic N) is 2. The van der Waals surface area contributed by atoms with Crippen molar-refractivity contribution in [1.82, 2.24) is 9.97 Å². The van der Waals surface area contributed by atoms with Gasteiger partial charge in [0.1, 0.15) is 16.6 Å². The van der Waals surface area contributed by atoms with Crippen molar-refractivity contribution in [2.75, 3.05) is 6.54 Å². The fraction of sp³-hybridized carbons (Fsp3) is 0.143. The zero-order valence-electron chi connectivity index (χ0n) is 6.17. The zero-order chi connectivity index (χ0) is 8.97. The fourth-order valence-electron chi connectivity index (χ4n) is 0.678. The smallest absolute Gasteiger partial charge is 0.141 e. The van der Waals surface area contributed by atoms with Gasteiger partial charge in [-0.25, -0.2) is 9.97 Å². The molecule has 0 radical (unpaired) electrons. The zero-order valence-corrected chi connectivity index (χ0v) is 7.68. The van der Waals surface area contributed by atoms with E-state index in [1.807, 2.05) is 0 Å². The molecule has 0 fully saturated rings. The van der Waals surface area contributed by atoms with Crippen LogP contribution in [0, 0.1) is 0 Å². The number of rotatable bonds is 2. The second kappa shape index (κ2) is 4.40. The molecule has 12 heavy (non-hydrogen) atoms. The Hall–Kier alpha value is -0.640. The lowest BCUT2D eigenvalue weighted by molar-refractivity contribution is 1.16. The molecule has 1 aromatic heterocycles. The van der Waals surface area contributed by atoms with Crippen molar-refractivity contribution >= 4 is 29.3 Å². The average molecular weight is 204 g/mol. The number of halogens is 2. The van der Waals surface area contributed by atoms with Gasteiger partial charge in [-0.1, -0.05) is 35.4 Å². The van der Waals surface area contributed by atoms with Gasteiger partial charge in [0.2, 0.25) is 0 Å².